The fourth-order valence-electron chi connectivity index (χ4n) is 2.57. The van der Waals surface area contributed by atoms with E-state index in [0.717, 1.165) is 36.1 Å². The third kappa shape index (κ3) is 2.30. The number of H-pyrrole nitrogens is 1. The third-order valence-corrected chi connectivity index (χ3v) is 4.00. The molecule has 1 aliphatic heterocycles. The van der Waals surface area contributed by atoms with Crippen LogP contribution in [-0.4, -0.2) is 43.8 Å². The van der Waals surface area contributed by atoms with Crippen molar-refractivity contribution in [2.24, 2.45) is 0 Å². The zero-order chi connectivity index (χ0) is 16.0. The lowest BCUT2D eigenvalue weighted by Gasteiger charge is -2.30. The molecule has 0 bridgehead atoms. The second-order valence-corrected chi connectivity index (χ2v) is 5.70. The van der Waals surface area contributed by atoms with Gasteiger partial charge < -0.3 is 9.88 Å². The van der Waals surface area contributed by atoms with Crippen molar-refractivity contribution in [3.05, 3.63) is 35.7 Å². The van der Waals surface area contributed by atoms with Crippen LogP contribution in [0.1, 0.15) is 22.5 Å². The molecule has 0 atom stereocenters. The molecule has 1 aliphatic rings. The number of rotatable bonds is 2. The van der Waals surface area contributed by atoms with Crippen LogP contribution in [0, 0.1) is 6.92 Å². The van der Waals surface area contributed by atoms with E-state index in [2.05, 4.69) is 19.9 Å². The molecule has 7 heteroatoms. The van der Waals surface area contributed by atoms with Gasteiger partial charge >= 0.3 is 0 Å². The molecule has 3 aromatic rings. The minimum absolute atomic E-state index is 0.000868. The van der Waals surface area contributed by atoms with Crippen molar-refractivity contribution in [2.75, 3.05) is 13.1 Å². The molecule has 0 aliphatic carbocycles. The van der Waals surface area contributed by atoms with E-state index in [1.165, 1.54) is 6.20 Å². The summed E-state index contributed by atoms with van der Waals surface area (Å²) >= 11 is 0. The number of aromatic nitrogens is 4. The van der Waals surface area contributed by atoms with E-state index in [1.54, 1.807) is 4.90 Å². The highest BCUT2D eigenvalue weighted by Gasteiger charge is 2.24. The fourth-order valence-corrected chi connectivity index (χ4v) is 2.57. The molecule has 1 radical (unpaired) electrons. The van der Waals surface area contributed by atoms with Crippen LogP contribution < -0.4 is 5.73 Å². The molecule has 1 saturated heterocycles. The Labute approximate surface area is 132 Å². The Kier molecular flexibility index (Phi) is 3.00. The van der Waals surface area contributed by atoms with Gasteiger partial charge in [-0.3, -0.25) is 10.5 Å². The number of imidazole rings is 1. The maximum Gasteiger partial charge on any atom is 0.274 e. The standard InChI is InChI=1S/C16H15N6O/c1-9-3-4-10-11(7-9)21-15(20-10)13-14(17)18-8-12(19-13)16(23)22-5-2-6-22/h3-4,7-8,17H,2,5-6H2,1H3,(H,20,21). The Balaban J connectivity index is 1.78. The first kappa shape index (κ1) is 13.7. The van der Waals surface area contributed by atoms with Crippen LogP contribution in [0.3, 0.4) is 0 Å². The lowest BCUT2D eigenvalue weighted by molar-refractivity contribution is 0.0645. The average molecular weight is 307 g/mol. The summed E-state index contributed by atoms with van der Waals surface area (Å²) in [5.41, 5.74) is 11.3. The van der Waals surface area contributed by atoms with Gasteiger partial charge in [0.05, 0.1) is 17.2 Å². The second kappa shape index (κ2) is 5.05. The molecule has 1 fully saturated rings. The molecule has 2 aromatic heterocycles. The van der Waals surface area contributed by atoms with Gasteiger partial charge in [-0.2, -0.15) is 0 Å². The van der Waals surface area contributed by atoms with Crippen molar-refractivity contribution in [1.29, 1.82) is 0 Å². The van der Waals surface area contributed by atoms with Gasteiger partial charge in [0.25, 0.3) is 5.91 Å². The van der Waals surface area contributed by atoms with Crippen molar-refractivity contribution in [2.45, 2.75) is 13.3 Å². The first-order chi connectivity index (χ1) is 11.1. The summed E-state index contributed by atoms with van der Waals surface area (Å²) in [5, 5.41) is 0. The molecule has 115 valence electrons. The Hall–Kier alpha value is -2.96. The number of hydrogen-bond donors (Lipinski definition) is 1. The number of aromatic amines is 1. The van der Waals surface area contributed by atoms with Crippen LogP contribution in [0.25, 0.3) is 22.6 Å². The minimum Gasteiger partial charge on any atom is -0.337 e. The number of nitrogens with one attached hydrogen (secondary N) is 2. The van der Waals surface area contributed by atoms with Crippen LogP contribution in [0.5, 0.6) is 0 Å². The molecule has 2 N–H and O–H groups in total. The summed E-state index contributed by atoms with van der Waals surface area (Å²) in [6.07, 6.45) is 2.38. The molecule has 4 rings (SSSR count). The number of likely N-dealkylation sites (tertiary alicyclic amines) is 1. The largest absolute Gasteiger partial charge is 0.337 e. The number of hydrogen-bond acceptors (Lipinski definition) is 4. The Morgan fingerprint density at radius 2 is 2.13 bits per heavy atom. The maximum absolute atomic E-state index is 12.3. The maximum atomic E-state index is 12.3. The molecule has 0 unspecified atom stereocenters. The van der Waals surface area contributed by atoms with E-state index in [1.807, 2.05) is 25.1 Å². The van der Waals surface area contributed by atoms with Crippen LogP contribution in [0.15, 0.2) is 24.4 Å². The number of carbonyl (C=O) groups is 1. The number of nitrogens with zero attached hydrogens (tertiary/aromatic N) is 4. The molecule has 0 spiro atoms. The highest BCUT2D eigenvalue weighted by Crippen LogP contribution is 2.24. The molecule has 1 aromatic carbocycles. The third-order valence-electron chi connectivity index (χ3n) is 4.00. The molecule has 3 heterocycles. The van der Waals surface area contributed by atoms with Gasteiger partial charge in [0, 0.05) is 13.1 Å². The van der Waals surface area contributed by atoms with Crippen molar-refractivity contribution in [1.82, 2.24) is 30.6 Å². The molecule has 23 heavy (non-hydrogen) atoms. The first-order valence-electron chi connectivity index (χ1n) is 7.46. The molecule has 7 nitrogen and oxygen atoms in total. The number of fused-ring (bicyclic) bond motifs is 1. The quantitative estimate of drug-likeness (QED) is 0.783. The van der Waals surface area contributed by atoms with E-state index in [-0.39, 0.29) is 17.4 Å². The Morgan fingerprint density at radius 1 is 1.30 bits per heavy atom. The van der Waals surface area contributed by atoms with Crippen molar-refractivity contribution < 1.29 is 4.79 Å². The molecular weight excluding hydrogens is 292 g/mol. The van der Waals surface area contributed by atoms with Gasteiger partial charge in [0.2, 0.25) is 0 Å². The summed E-state index contributed by atoms with van der Waals surface area (Å²) in [6.45, 7) is 3.51. The van der Waals surface area contributed by atoms with Crippen LogP contribution in [-0.2, 0) is 0 Å². The van der Waals surface area contributed by atoms with E-state index >= 15 is 0 Å². The summed E-state index contributed by atoms with van der Waals surface area (Å²) in [6, 6.07) is 5.87. The van der Waals surface area contributed by atoms with Gasteiger partial charge in [0.1, 0.15) is 5.69 Å². The lowest BCUT2D eigenvalue weighted by atomic mass is 10.2. The molecule has 0 saturated carbocycles. The Bertz CT molecular complexity index is 912. The Morgan fingerprint density at radius 3 is 2.87 bits per heavy atom. The van der Waals surface area contributed by atoms with Gasteiger partial charge in [-0.25, -0.2) is 15.0 Å². The van der Waals surface area contributed by atoms with Crippen molar-refractivity contribution >= 4 is 22.8 Å². The van der Waals surface area contributed by atoms with Gasteiger partial charge in [-0.1, -0.05) is 6.07 Å². The summed E-state index contributed by atoms with van der Waals surface area (Å²) in [5.74, 6) is 0.319. The average Bonchev–Trinajstić information content (AvgIpc) is 2.88. The normalized spacial score (nSPS) is 14.0. The highest BCUT2D eigenvalue weighted by atomic mass is 16.2. The lowest BCUT2D eigenvalue weighted by Crippen LogP contribution is -2.42. The predicted octanol–water partition coefficient (Wildman–Crippen LogP) is 2.09. The number of benzene rings is 1. The fraction of sp³-hybridized carbons (Fsp3) is 0.250. The van der Waals surface area contributed by atoms with E-state index in [9.17, 15) is 4.79 Å². The topological polar surface area (TPSA) is 98.6 Å². The molecular formula is C16H15N6O. The smallest absolute Gasteiger partial charge is 0.274 e. The highest BCUT2D eigenvalue weighted by molar-refractivity contribution is 5.93. The summed E-state index contributed by atoms with van der Waals surface area (Å²) < 4.78 is 0. The van der Waals surface area contributed by atoms with Gasteiger partial charge in [-0.15, -0.1) is 0 Å². The van der Waals surface area contributed by atoms with E-state index in [0.29, 0.717) is 11.5 Å². The van der Waals surface area contributed by atoms with Crippen LogP contribution in [0.2, 0.25) is 0 Å². The first-order valence-corrected chi connectivity index (χ1v) is 7.46. The SMILES string of the molecule is Cc1ccc2nc(-c3nc(C(=O)N4CCC4)cnc3[NH])[nH]c2c1. The minimum atomic E-state index is -0.142. The van der Waals surface area contributed by atoms with Gasteiger partial charge in [-0.05, 0) is 31.0 Å². The van der Waals surface area contributed by atoms with Crippen molar-refractivity contribution in [3.63, 3.8) is 0 Å². The van der Waals surface area contributed by atoms with Gasteiger partial charge in [0.15, 0.2) is 17.3 Å². The summed E-state index contributed by atoms with van der Waals surface area (Å²) in [4.78, 5) is 29.9. The van der Waals surface area contributed by atoms with E-state index in [4.69, 9.17) is 5.73 Å². The zero-order valence-electron chi connectivity index (χ0n) is 12.6. The van der Waals surface area contributed by atoms with E-state index < -0.39 is 0 Å². The molecule has 1 amide bonds. The van der Waals surface area contributed by atoms with Crippen LogP contribution >= 0.6 is 0 Å². The van der Waals surface area contributed by atoms with Crippen molar-refractivity contribution in [3.8, 4) is 11.5 Å². The number of carbonyl (C=O) groups excluding carboxylic acids is 1. The zero-order valence-corrected chi connectivity index (χ0v) is 12.6. The summed E-state index contributed by atoms with van der Waals surface area (Å²) in [7, 11) is 0. The second-order valence-electron chi connectivity index (χ2n) is 5.70. The number of amides is 1. The number of aryl methyl sites for hydroxylation is 1. The monoisotopic (exact) mass is 307 g/mol. The van der Waals surface area contributed by atoms with Crippen LogP contribution in [0.4, 0.5) is 5.82 Å². The predicted molar refractivity (Wildman–Crippen MR) is 85.1 cm³/mol.